The standard InChI is InChI=1S/C15H17BrCl2O/c16-12-4-3-11(13(18)7-12)8-15(9-17)5-6-19-14(15)10-1-2-10/h3-4,7,10,14H,1-2,5-6,8-9H2. The van der Waals surface area contributed by atoms with Crippen molar-refractivity contribution in [2.75, 3.05) is 12.5 Å². The van der Waals surface area contributed by atoms with Crippen molar-refractivity contribution in [3.05, 3.63) is 33.3 Å². The minimum Gasteiger partial charge on any atom is -0.377 e. The zero-order valence-corrected chi connectivity index (χ0v) is 13.8. The van der Waals surface area contributed by atoms with Crippen molar-refractivity contribution in [2.24, 2.45) is 11.3 Å². The van der Waals surface area contributed by atoms with E-state index in [0.717, 1.165) is 34.9 Å². The third-order valence-corrected chi connectivity index (χ3v) is 5.75. The quantitative estimate of drug-likeness (QED) is 0.678. The fourth-order valence-electron chi connectivity index (χ4n) is 3.17. The summed E-state index contributed by atoms with van der Waals surface area (Å²) in [5.41, 5.74) is 1.25. The van der Waals surface area contributed by atoms with Crippen LogP contribution in [0.1, 0.15) is 24.8 Å². The summed E-state index contributed by atoms with van der Waals surface area (Å²) in [4.78, 5) is 0. The molecular formula is C15H17BrCl2O. The molecular weight excluding hydrogens is 347 g/mol. The fraction of sp³-hybridized carbons (Fsp3) is 0.600. The number of benzene rings is 1. The number of hydrogen-bond donors (Lipinski definition) is 0. The molecule has 2 unspecified atom stereocenters. The van der Waals surface area contributed by atoms with Crippen molar-refractivity contribution < 1.29 is 4.74 Å². The molecule has 0 aromatic heterocycles. The Morgan fingerprint density at radius 3 is 2.79 bits per heavy atom. The highest BCUT2D eigenvalue weighted by Crippen LogP contribution is 2.50. The van der Waals surface area contributed by atoms with E-state index in [-0.39, 0.29) is 5.41 Å². The van der Waals surface area contributed by atoms with Gasteiger partial charge in [-0.25, -0.2) is 0 Å². The van der Waals surface area contributed by atoms with Crippen LogP contribution in [0.15, 0.2) is 22.7 Å². The number of hydrogen-bond acceptors (Lipinski definition) is 1. The van der Waals surface area contributed by atoms with Crippen LogP contribution < -0.4 is 0 Å². The maximum absolute atomic E-state index is 6.36. The molecule has 1 heterocycles. The van der Waals surface area contributed by atoms with Gasteiger partial charge in [0.05, 0.1) is 6.10 Å². The van der Waals surface area contributed by atoms with Gasteiger partial charge in [-0.2, -0.15) is 0 Å². The number of ether oxygens (including phenoxy) is 1. The SMILES string of the molecule is ClCC1(Cc2ccc(Br)cc2Cl)CCOC1C1CC1. The first-order chi connectivity index (χ1) is 9.14. The van der Waals surface area contributed by atoms with Gasteiger partial charge in [-0.15, -0.1) is 11.6 Å². The lowest BCUT2D eigenvalue weighted by Gasteiger charge is -2.32. The van der Waals surface area contributed by atoms with Crippen molar-refractivity contribution in [3.63, 3.8) is 0 Å². The van der Waals surface area contributed by atoms with E-state index in [1.54, 1.807) is 0 Å². The Balaban J connectivity index is 1.85. The highest BCUT2D eigenvalue weighted by Gasteiger charge is 2.50. The van der Waals surface area contributed by atoms with E-state index in [1.165, 1.54) is 18.4 Å². The molecule has 1 saturated carbocycles. The third kappa shape index (κ3) is 2.83. The third-order valence-electron chi connectivity index (χ3n) is 4.37. The van der Waals surface area contributed by atoms with Crippen LogP contribution in [0.5, 0.6) is 0 Å². The molecule has 4 heteroatoms. The first-order valence-electron chi connectivity index (χ1n) is 6.76. The van der Waals surface area contributed by atoms with Crippen LogP contribution in [0.2, 0.25) is 5.02 Å². The highest BCUT2D eigenvalue weighted by molar-refractivity contribution is 9.10. The van der Waals surface area contributed by atoms with E-state index in [1.807, 2.05) is 12.1 Å². The minimum absolute atomic E-state index is 0.0696. The molecule has 1 aromatic carbocycles. The van der Waals surface area contributed by atoms with Gasteiger partial charge in [0.1, 0.15) is 0 Å². The molecule has 0 N–H and O–H groups in total. The second kappa shape index (κ2) is 5.55. The average molecular weight is 364 g/mol. The van der Waals surface area contributed by atoms with Crippen LogP contribution in [0.4, 0.5) is 0 Å². The van der Waals surface area contributed by atoms with Crippen LogP contribution in [-0.2, 0) is 11.2 Å². The summed E-state index contributed by atoms with van der Waals surface area (Å²) in [5.74, 6) is 1.37. The first-order valence-corrected chi connectivity index (χ1v) is 8.47. The monoisotopic (exact) mass is 362 g/mol. The highest BCUT2D eigenvalue weighted by atomic mass is 79.9. The summed E-state index contributed by atoms with van der Waals surface area (Å²) in [5, 5.41) is 0.820. The number of rotatable bonds is 4. The second-order valence-electron chi connectivity index (χ2n) is 5.79. The normalized spacial score (nSPS) is 30.8. The van der Waals surface area contributed by atoms with Crippen molar-refractivity contribution in [1.82, 2.24) is 0 Å². The van der Waals surface area contributed by atoms with E-state index >= 15 is 0 Å². The Kier molecular flexibility index (Phi) is 4.15. The molecule has 2 aliphatic rings. The lowest BCUT2D eigenvalue weighted by Crippen LogP contribution is -2.36. The molecule has 3 rings (SSSR count). The molecule has 1 aliphatic carbocycles. The predicted octanol–water partition coefficient (Wildman–Crippen LogP) is 5.07. The topological polar surface area (TPSA) is 9.23 Å². The van der Waals surface area contributed by atoms with Gasteiger partial charge in [-0.3, -0.25) is 0 Å². The average Bonchev–Trinajstić information content (AvgIpc) is 3.15. The molecule has 19 heavy (non-hydrogen) atoms. The van der Waals surface area contributed by atoms with E-state index in [4.69, 9.17) is 27.9 Å². The van der Waals surface area contributed by atoms with Gasteiger partial charge in [-0.05, 0) is 49.3 Å². The number of halogens is 3. The Bertz CT molecular complexity index is 475. The van der Waals surface area contributed by atoms with E-state index in [0.29, 0.717) is 12.0 Å². The molecule has 1 aromatic rings. The maximum atomic E-state index is 6.36. The Morgan fingerprint density at radius 1 is 1.37 bits per heavy atom. The molecule has 0 amide bonds. The molecule has 0 bridgehead atoms. The van der Waals surface area contributed by atoms with Crippen LogP contribution >= 0.6 is 39.1 Å². The summed E-state index contributed by atoms with van der Waals surface area (Å²) in [6, 6.07) is 6.11. The zero-order chi connectivity index (χ0) is 13.5. The second-order valence-corrected chi connectivity index (χ2v) is 7.38. The summed E-state index contributed by atoms with van der Waals surface area (Å²) >= 11 is 16.1. The lowest BCUT2D eigenvalue weighted by molar-refractivity contribution is 0.0403. The molecule has 2 atom stereocenters. The molecule has 0 radical (unpaired) electrons. The van der Waals surface area contributed by atoms with Crippen LogP contribution in [0.3, 0.4) is 0 Å². The molecule has 2 fully saturated rings. The zero-order valence-electron chi connectivity index (χ0n) is 10.7. The lowest BCUT2D eigenvalue weighted by atomic mass is 9.76. The Hall–Kier alpha value is 0.240. The molecule has 1 nitrogen and oxygen atoms in total. The molecule has 1 aliphatic heterocycles. The van der Waals surface area contributed by atoms with Crippen molar-refractivity contribution in [3.8, 4) is 0 Å². The molecule has 104 valence electrons. The molecule has 0 spiro atoms. The molecule has 1 saturated heterocycles. The maximum Gasteiger partial charge on any atom is 0.0674 e. The smallest absolute Gasteiger partial charge is 0.0674 e. The Morgan fingerprint density at radius 2 is 2.16 bits per heavy atom. The predicted molar refractivity (Wildman–Crippen MR) is 83.1 cm³/mol. The Labute approximate surface area is 132 Å². The van der Waals surface area contributed by atoms with Gasteiger partial charge in [0.2, 0.25) is 0 Å². The van der Waals surface area contributed by atoms with Crippen molar-refractivity contribution >= 4 is 39.1 Å². The summed E-state index contributed by atoms with van der Waals surface area (Å²) in [6.07, 6.45) is 4.87. The summed E-state index contributed by atoms with van der Waals surface area (Å²) < 4.78 is 7.00. The van der Waals surface area contributed by atoms with Crippen LogP contribution in [-0.4, -0.2) is 18.6 Å². The van der Waals surface area contributed by atoms with E-state index in [9.17, 15) is 0 Å². The van der Waals surface area contributed by atoms with E-state index < -0.39 is 0 Å². The van der Waals surface area contributed by atoms with Gasteiger partial charge in [0.15, 0.2) is 0 Å². The first kappa shape index (κ1) is 14.2. The van der Waals surface area contributed by atoms with Gasteiger partial charge < -0.3 is 4.74 Å². The summed E-state index contributed by atoms with van der Waals surface area (Å²) in [7, 11) is 0. The summed E-state index contributed by atoms with van der Waals surface area (Å²) in [6.45, 7) is 0.835. The van der Waals surface area contributed by atoms with Gasteiger partial charge in [-0.1, -0.05) is 33.6 Å². The minimum atomic E-state index is 0.0696. The van der Waals surface area contributed by atoms with E-state index in [2.05, 4.69) is 22.0 Å². The van der Waals surface area contributed by atoms with Gasteiger partial charge in [0, 0.05) is 27.4 Å². The van der Waals surface area contributed by atoms with Gasteiger partial charge in [0.25, 0.3) is 0 Å². The van der Waals surface area contributed by atoms with Gasteiger partial charge >= 0.3 is 0 Å². The fourth-order valence-corrected chi connectivity index (χ4v) is 4.29. The number of alkyl halides is 1. The van der Waals surface area contributed by atoms with Crippen molar-refractivity contribution in [1.29, 1.82) is 0 Å². The van der Waals surface area contributed by atoms with Crippen LogP contribution in [0, 0.1) is 11.3 Å². The van der Waals surface area contributed by atoms with Crippen LogP contribution in [0.25, 0.3) is 0 Å². The largest absolute Gasteiger partial charge is 0.377 e. The van der Waals surface area contributed by atoms with Crippen molar-refractivity contribution in [2.45, 2.75) is 31.8 Å².